The molecule has 2 aromatic rings. The average Bonchev–Trinajstić information content (AvgIpc) is 3.14. The molecule has 30 heavy (non-hydrogen) atoms. The minimum Gasteiger partial charge on any atom is -0.497 e. The molecule has 2 saturated carbocycles. The molecular weight excluding hydrogens is 372 g/mol. The molecular formula is C27H34O3. The van der Waals surface area contributed by atoms with E-state index in [4.69, 9.17) is 14.2 Å². The van der Waals surface area contributed by atoms with Crippen molar-refractivity contribution < 1.29 is 14.2 Å². The Morgan fingerprint density at radius 1 is 0.900 bits per heavy atom. The minimum absolute atomic E-state index is 0.360. The van der Waals surface area contributed by atoms with Crippen molar-refractivity contribution in [2.75, 3.05) is 21.3 Å². The van der Waals surface area contributed by atoms with Crippen LogP contribution in [0.4, 0.5) is 0 Å². The first-order valence-corrected chi connectivity index (χ1v) is 11.5. The van der Waals surface area contributed by atoms with Gasteiger partial charge < -0.3 is 14.2 Å². The molecule has 0 amide bonds. The van der Waals surface area contributed by atoms with Crippen LogP contribution in [0.25, 0.3) is 11.1 Å². The Morgan fingerprint density at radius 3 is 2.40 bits per heavy atom. The lowest BCUT2D eigenvalue weighted by atomic mass is 9.55. The highest BCUT2D eigenvalue weighted by Gasteiger charge is 2.55. The monoisotopic (exact) mass is 406 g/mol. The maximum absolute atomic E-state index is 5.93. The van der Waals surface area contributed by atoms with Gasteiger partial charge in [0.15, 0.2) is 0 Å². The third kappa shape index (κ3) is 2.97. The molecule has 0 unspecified atom stereocenters. The SMILES string of the molecule is COc1ccc(-c2cc3c(cc2OC)CC[C@@H]2[C@@H]3CC[C@]3(C)[C@@H](OC)CC[C@@H]23)cc1. The first-order chi connectivity index (χ1) is 14.6. The fourth-order valence-electron chi connectivity index (χ4n) is 7.10. The van der Waals surface area contributed by atoms with Gasteiger partial charge in [0, 0.05) is 12.7 Å². The van der Waals surface area contributed by atoms with Crippen LogP contribution in [-0.2, 0) is 11.2 Å². The van der Waals surface area contributed by atoms with Gasteiger partial charge in [0.05, 0.1) is 20.3 Å². The standard InChI is InChI=1S/C27H34O3/c1-27-14-13-20-21(24(27)11-12-26(27)30-4)10-7-18-15-25(29-3)23(16-22(18)20)17-5-8-19(28-2)9-6-17/h5-6,8-9,15-16,20-21,24,26H,7,10-14H2,1-4H3/t20-,21+,24-,26-,27-/m0/s1. The highest BCUT2D eigenvalue weighted by atomic mass is 16.5. The predicted octanol–water partition coefficient (Wildman–Crippen LogP) is 6.24. The first-order valence-electron chi connectivity index (χ1n) is 11.5. The number of benzene rings is 2. The van der Waals surface area contributed by atoms with Crippen LogP contribution < -0.4 is 9.47 Å². The molecule has 2 aromatic carbocycles. The number of ether oxygens (including phenoxy) is 3. The third-order valence-corrected chi connectivity index (χ3v) is 8.64. The van der Waals surface area contributed by atoms with Crippen molar-refractivity contribution in [2.24, 2.45) is 17.3 Å². The van der Waals surface area contributed by atoms with Gasteiger partial charge in [-0.3, -0.25) is 0 Å². The quantitative estimate of drug-likeness (QED) is 0.601. The number of rotatable bonds is 4. The van der Waals surface area contributed by atoms with Crippen molar-refractivity contribution in [1.82, 2.24) is 0 Å². The molecule has 3 heteroatoms. The zero-order valence-corrected chi connectivity index (χ0v) is 18.7. The molecule has 0 radical (unpaired) electrons. The van der Waals surface area contributed by atoms with Crippen molar-refractivity contribution in [3.63, 3.8) is 0 Å². The lowest BCUT2D eigenvalue weighted by Crippen LogP contribution is -2.44. The lowest BCUT2D eigenvalue weighted by Gasteiger charge is -2.50. The van der Waals surface area contributed by atoms with Crippen molar-refractivity contribution in [2.45, 2.75) is 57.5 Å². The summed E-state index contributed by atoms with van der Waals surface area (Å²) in [4.78, 5) is 0. The van der Waals surface area contributed by atoms with E-state index in [0.717, 1.165) is 23.3 Å². The number of fused-ring (bicyclic) bond motifs is 5. The van der Waals surface area contributed by atoms with E-state index in [1.807, 2.05) is 19.2 Å². The maximum Gasteiger partial charge on any atom is 0.126 e. The molecule has 5 atom stereocenters. The lowest BCUT2D eigenvalue weighted by molar-refractivity contribution is -0.0444. The molecule has 160 valence electrons. The second-order valence-electron chi connectivity index (χ2n) is 9.74. The highest BCUT2D eigenvalue weighted by Crippen LogP contribution is 2.61. The van der Waals surface area contributed by atoms with Gasteiger partial charge in [0.2, 0.25) is 0 Å². The van der Waals surface area contributed by atoms with Gasteiger partial charge in [-0.05, 0) is 103 Å². The molecule has 0 saturated heterocycles. The molecule has 0 aromatic heterocycles. The number of hydrogen-bond donors (Lipinski definition) is 0. The molecule has 0 heterocycles. The second kappa shape index (κ2) is 7.60. The van der Waals surface area contributed by atoms with Crippen molar-refractivity contribution in [3.8, 4) is 22.6 Å². The van der Waals surface area contributed by atoms with Gasteiger partial charge in [0.25, 0.3) is 0 Å². The topological polar surface area (TPSA) is 27.7 Å². The van der Waals surface area contributed by atoms with E-state index in [0.29, 0.717) is 17.4 Å². The van der Waals surface area contributed by atoms with Gasteiger partial charge in [-0.2, -0.15) is 0 Å². The maximum atomic E-state index is 5.93. The van der Waals surface area contributed by atoms with Crippen LogP contribution >= 0.6 is 0 Å². The van der Waals surface area contributed by atoms with Crippen LogP contribution in [0.1, 0.15) is 56.1 Å². The molecule has 0 N–H and O–H groups in total. The number of hydrogen-bond acceptors (Lipinski definition) is 3. The summed E-state index contributed by atoms with van der Waals surface area (Å²) < 4.78 is 17.1. The van der Waals surface area contributed by atoms with Gasteiger partial charge in [-0.25, -0.2) is 0 Å². The summed E-state index contributed by atoms with van der Waals surface area (Å²) in [5.41, 5.74) is 5.82. The highest BCUT2D eigenvalue weighted by molar-refractivity contribution is 5.73. The normalized spacial score (nSPS) is 32.1. The van der Waals surface area contributed by atoms with E-state index in [-0.39, 0.29) is 0 Å². The zero-order chi connectivity index (χ0) is 20.9. The van der Waals surface area contributed by atoms with E-state index < -0.39 is 0 Å². The number of aryl methyl sites for hydroxylation is 1. The summed E-state index contributed by atoms with van der Waals surface area (Å²) in [6.07, 6.45) is 8.02. The van der Waals surface area contributed by atoms with E-state index in [2.05, 4.69) is 31.2 Å². The Bertz CT molecular complexity index is 918. The summed E-state index contributed by atoms with van der Waals surface area (Å²) in [5, 5.41) is 0. The predicted molar refractivity (Wildman–Crippen MR) is 120 cm³/mol. The molecule has 3 nitrogen and oxygen atoms in total. The summed E-state index contributed by atoms with van der Waals surface area (Å²) in [6, 6.07) is 13.1. The molecule has 3 aliphatic rings. The average molecular weight is 407 g/mol. The van der Waals surface area contributed by atoms with Crippen molar-refractivity contribution in [3.05, 3.63) is 47.5 Å². The summed E-state index contributed by atoms with van der Waals surface area (Å²) in [5.74, 6) is 4.12. The Labute approximate surface area is 180 Å². The van der Waals surface area contributed by atoms with Gasteiger partial charge in [-0.1, -0.05) is 19.1 Å². The Balaban J connectivity index is 1.53. The Morgan fingerprint density at radius 2 is 1.70 bits per heavy atom. The van der Waals surface area contributed by atoms with E-state index in [1.54, 1.807) is 19.8 Å². The summed E-state index contributed by atoms with van der Waals surface area (Å²) in [6.45, 7) is 2.50. The van der Waals surface area contributed by atoms with Gasteiger partial charge in [-0.15, -0.1) is 0 Å². The molecule has 0 spiro atoms. The van der Waals surface area contributed by atoms with Crippen LogP contribution in [0.5, 0.6) is 11.5 Å². The fraction of sp³-hybridized carbons (Fsp3) is 0.556. The third-order valence-electron chi connectivity index (χ3n) is 8.64. The van der Waals surface area contributed by atoms with Crippen LogP contribution in [-0.4, -0.2) is 27.4 Å². The zero-order valence-electron chi connectivity index (χ0n) is 18.7. The first kappa shape index (κ1) is 19.9. The second-order valence-corrected chi connectivity index (χ2v) is 9.74. The smallest absolute Gasteiger partial charge is 0.126 e. The van der Waals surface area contributed by atoms with Crippen LogP contribution in [0.3, 0.4) is 0 Å². The van der Waals surface area contributed by atoms with Crippen LogP contribution in [0.2, 0.25) is 0 Å². The molecule has 3 aliphatic carbocycles. The Kier molecular flexibility index (Phi) is 5.05. The molecule has 2 fully saturated rings. The Hall–Kier alpha value is -2.00. The largest absolute Gasteiger partial charge is 0.497 e. The molecule has 0 aliphatic heterocycles. The van der Waals surface area contributed by atoms with E-state index in [9.17, 15) is 0 Å². The van der Waals surface area contributed by atoms with E-state index in [1.165, 1.54) is 55.2 Å². The van der Waals surface area contributed by atoms with Crippen LogP contribution in [0.15, 0.2) is 36.4 Å². The molecule has 0 bridgehead atoms. The summed E-state index contributed by atoms with van der Waals surface area (Å²) in [7, 11) is 5.41. The fourth-order valence-corrected chi connectivity index (χ4v) is 7.10. The van der Waals surface area contributed by atoms with E-state index >= 15 is 0 Å². The minimum atomic E-state index is 0.360. The van der Waals surface area contributed by atoms with Crippen molar-refractivity contribution in [1.29, 1.82) is 0 Å². The summed E-state index contributed by atoms with van der Waals surface area (Å²) >= 11 is 0. The van der Waals surface area contributed by atoms with Crippen molar-refractivity contribution >= 4 is 0 Å². The van der Waals surface area contributed by atoms with Crippen LogP contribution in [0, 0.1) is 17.3 Å². The van der Waals surface area contributed by atoms with Gasteiger partial charge >= 0.3 is 0 Å². The van der Waals surface area contributed by atoms with Gasteiger partial charge in [0.1, 0.15) is 11.5 Å². The molecule has 5 rings (SSSR count). The number of methoxy groups -OCH3 is 3.